The number of hydrogen-bond donors (Lipinski definition) is 2. The molecule has 10 heteroatoms. The number of hydrogen-bond acceptors (Lipinski definition) is 5. The number of nitrogens with one attached hydrogen (secondary N) is 2. The summed E-state index contributed by atoms with van der Waals surface area (Å²) < 4.78 is 50.2. The minimum absolute atomic E-state index is 0.0370. The zero-order chi connectivity index (χ0) is 20.6. The van der Waals surface area contributed by atoms with Gasteiger partial charge in [0.2, 0.25) is 0 Å². The lowest BCUT2D eigenvalue weighted by Crippen LogP contribution is -2.27. The first kappa shape index (κ1) is 22.1. The molecule has 0 saturated heterocycles. The average Bonchev–Trinajstić information content (AvgIpc) is 2.66. The first-order valence-corrected chi connectivity index (χ1v) is 10.1. The van der Waals surface area contributed by atoms with Crippen molar-refractivity contribution in [3.63, 3.8) is 0 Å². The first-order chi connectivity index (χ1) is 13.3. The van der Waals surface area contributed by atoms with E-state index >= 15 is 0 Å². The van der Waals surface area contributed by atoms with Gasteiger partial charge in [-0.3, -0.25) is 9.52 Å². The second-order valence-corrected chi connectivity index (χ2v) is 7.70. The van der Waals surface area contributed by atoms with E-state index in [0.29, 0.717) is 19.8 Å². The third kappa shape index (κ3) is 6.45. The van der Waals surface area contributed by atoms with Crippen LogP contribution in [-0.4, -0.2) is 47.8 Å². The Hall–Kier alpha value is -2.20. The molecule has 1 amide bonds. The van der Waals surface area contributed by atoms with Gasteiger partial charge in [0.1, 0.15) is 5.82 Å². The van der Waals surface area contributed by atoms with E-state index in [4.69, 9.17) is 21.1 Å². The molecule has 0 aromatic heterocycles. The molecule has 0 bridgehead atoms. The van der Waals surface area contributed by atoms with Crippen molar-refractivity contribution in [2.45, 2.75) is 4.90 Å². The van der Waals surface area contributed by atoms with Crippen LogP contribution in [0.3, 0.4) is 0 Å². The van der Waals surface area contributed by atoms with Crippen molar-refractivity contribution in [3.8, 4) is 0 Å². The Morgan fingerprint density at radius 3 is 2.50 bits per heavy atom. The lowest BCUT2D eigenvalue weighted by molar-refractivity contribution is 0.0692. The molecule has 2 aromatic rings. The standard InChI is InChI=1S/C18H20ClFN2O5S/c1-26-10-11-27-9-8-21-18(23)13-2-7-16(19)17(12-13)22-28(24,25)15-5-3-14(20)4-6-15/h2-7,12,22H,8-11H2,1H3,(H,21,23). The van der Waals surface area contributed by atoms with Crippen LogP contribution in [0.5, 0.6) is 0 Å². The number of ether oxygens (including phenoxy) is 2. The summed E-state index contributed by atoms with van der Waals surface area (Å²) in [5, 5.41) is 2.77. The van der Waals surface area contributed by atoms with E-state index in [9.17, 15) is 17.6 Å². The Morgan fingerprint density at radius 2 is 1.82 bits per heavy atom. The quantitative estimate of drug-likeness (QED) is 0.565. The Balaban J connectivity index is 2.04. The van der Waals surface area contributed by atoms with Gasteiger partial charge in [-0.2, -0.15) is 0 Å². The van der Waals surface area contributed by atoms with Crippen LogP contribution in [-0.2, 0) is 19.5 Å². The van der Waals surface area contributed by atoms with E-state index in [0.717, 1.165) is 24.3 Å². The fraction of sp³-hybridized carbons (Fsp3) is 0.278. The van der Waals surface area contributed by atoms with Crippen molar-refractivity contribution in [1.82, 2.24) is 5.32 Å². The highest BCUT2D eigenvalue weighted by Gasteiger charge is 2.17. The molecular weight excluding hydrogens is 411 g/mol. The molecule has 0 unspecified atom stereocenters. The maximum atomic E-state index is 13.0. The Bertz CT molecular complexity index is 907. The van der Waals surface area contributed by atoms with Crippen LogP contribution in [0, 0.1) is 5.82 Å². The summed E-state index contributed by atoms with van der Waals surface area (Å²) in [6.07, 6.45) is 0. The molecule has 0 aliphatic rings. The van der Waals surface area contributed by atoms with Gasteiger partial charge in [0.25, 0.3) is 15.9 Å². The molecule has 2 rings (SSSR count). The maximum Gasteiger partial charge on any atom is 0.261 e. The molecule has 0 radical (unpaired) electrons. The van der Waals surface area contributed by atoms with Gasteiger partial charge in [-0.05, 0) is 42.5 Å². The van der Waals surface area contributed by atoms with Gasteiger partial charge in [-0.25, -0.2) is 12.8 Å². The molecule has 0 atom stereocenters. The molecule has 0 aliphatic heterocycles. The minimum atomic E-state index is -3.99. The first-order valence-electron chi connectivity index (χ1n) is 8.26. The van der Waals surface area contributed by atoms with E-state index in [1.54, 1.807) is 7.11 Å². The number of carbonyl (C=O) groups excluding carboxylic acids is 1. The van der Waals surface area contributed by atoms with Gasteiger partial charge >= 0.3 is 0 Å². The molecule has 7 nitrogen and oxygen atoms in total. The maximum absolute atomic E-state index is 13.0. The Kier molecular flexibility index (Phi) is 8.18. The SMILES string of the molecule is COCCOCCNC(=O)c1ccc(Cl)c(NS(=O)(=O)c2ccc(F)cc2)c1. The lowest BCUT2D eigenvalue weighted by atomic mass is 10.2. The van der Waals surface area contributed by atoms with Crippen molar-refractivity contribution in [1.29, 1.82) is 0 Å². The Labute approximate surface area is 167 Å². The van der Waals surface area contributed by atoms with E-state index in [1.807, 2.05) is 0 Å². The molecule has 152 valence electrons. The largest absolute Gasteiger partial charge is 0.382 e. The zero-order valence-corrected chi connectivity index (χ0v) is 16.6. The second kappa shape index (κ2) is 10.4. The van der Waals surface area contributed by atoms with Crippen molar-refractivity contribution >= 4 is 33.2 Å². The molecule has 0 saturated carbocycles. The third-order valence-corrected chi connectivity index (χ3v) is 5.27. The number of sulfonamides is 1. The van der Waals surface area contributed by atoms with Crippen molar-refractivity contribution in [2.24, 2.45) is 0 Å². The van der Waals surface area contributed by atoms with Crippen LogP contribution < -0.4 is 10.0 Å². The number of methoxy groups -OCH3 is 1. The number of carbonyl (C=O) groups is 1. The number of amides is 1. The Morgan fingerprint density at radius 1 is 1.11 bits per heavy atom. The van der Waals surface area contributed by atoms with Gasteiger partial charge in [0, 0.05) is 19.2 Å². The van der Waals surface area contributed by atoms with Gasteiger partial charge in [-0.15, -0.1) is 0 Å². The molecule has 0 aliphatic carbocycles. The van der Waals surface area contributed by atoms with Crippen LogP contribution in [0.1, 0.15) is 10.4 Å². The number of halogens is 2. The highest BCUT2D eigenvalue weighted by atomic mass is 35.5. The summed E-state index contributed by atoms with van der Waals surface area (Å²) in [6.45, 7) is 1.47. The van der Waals surface area contributed by atoms with Crippen molar-refractivity contribution in [3.05, 3.63) is 58.9 Å². The summed E-state index contributed by atoms with van der Waals surface area (Å²) in [5.41, 5.74) is 0.257. The summed E-state index contributed by atoms with van der Waals surface area (Å²) in [5.74, 6) is -0.962. The van der Waals surface area contributed by atoms with E-state index in [1.165, 1.54) is 18.2 Å². The molecule has 0 heterocycles. The fourth-order valence-corrected chi connectivity index (χ4v) is 3.44. The van der Waals surface area contributed by atoms with Gasteiger partial charge in [-0.1, -0.05) is 11.6 Å². The monoisotopic (exact) mass is 430 g/mol. The fourth-order valence-electron chi connectivity index (χ4n) is 2.15. The number of benzene rings is 2. The van der Waals surface area contributed by atoms with Crippen molar-refractivity contribution in [2.75, 3.05) is 38.2 Å². The topological polar surface area (TPSA) is 93.7 Å². The van der Waals surface area contributed by atoms with Crippen LogP contribution in [0.2, 0.25) is 5.02 Å². The van der Waals surface area contributed by atoms with Crippen LogP contribution in [0.25, 0.3) is 0 Å². The summed E-state index contributed by atoms with van der Waals surface area (Å²) in [6, 6.07) is 8.54. The molecular formula is C18H20ClFN2O5S. The normalized spacial score (nSPS) is 11.2. The van der Waals surface area contributed by atoms with Gasteiger partial charge < -0.3 is 14.8 Å². The van der Waals surface area contributed by atoms with E-state index in [2.05, 4.69) is 10.0 Å². The highest BCUT2D eigenvalue weighted by molar-refractivity contribution is 7.92. The predicted molar refractivity (Wildman–Crippen MR) is 104 cm³/mol. The molecule has 28 heavy (non-hydrogen) atoms. The van der Waals surface area contributed by atoms with E-state index < -0.39 is 21.7 Å². The van der Waals surface area contributed by atoms with Crippen LogP contribution in [0.4, 0.5) is 10.1 Å². The molecule has 0 fully saturated rings. The van der Waals surface area contributed by atoms with Gasteiger partial charge in [0.05, 0.1) is 35.4 Å². The number of rotatable bonds is 10. The third-order valence-electron chi connectivity index (χ3n) is 3.56. The molecule has 0 spiro atoms. The minimum Gasteiger partial charge on any atom is -0.382 e. The van der Waals surface area contributed by atoms with Gasteiger partial charge in [0.15, 0.2) is 0 Å². The summed E-state index contributed by atoms with van der Waals surface area (Å²) in [7, 11) is -2.43. The lowest BCUT2D eigenvalue weighted by Gasteiger charge is -2.12. The zero-order valence-electron chi connectivity index (χ0n) is 15.1. The van der Waals surface area contributed by atoms with Crippen LogP contribution >= 0.6 is 11.6 Å². The summed E-state index contributed by atoms with van der Waals surface area (Å²) >= 11 is 6.04. The average molecular weight is 431 g/mol. The number of anilines is 1. The molecule has 2 N–H and O–H groups in total. The van der Waals surface area contributed by atoms with E-state index in [-0.39, 0.29) is 27.7 Å². The molecule has 2 aromatic carbocycles. The predicted octanol–water partition coefficient (Wildman–Crippen LogP) is 2.67. The second-order valence-electron chi connectivity index (χ2n) is 5.62. The smallest absolute Gasteiger partial charge is 0.261 e. The van der Waals surface area contributed by atoms with Crippen molar-refractivity contribution < 1.29 is 27.1 Å². The van der Waals surface area contributed by atoms with Crippen LogP contribution in [0.15, 0.2) is 47.4 Å². The highest BCUT2D eigenvalue weighted by Crippen LogP contribution is 2.26. The summed E-state index contributed by atoms with van der Waals surface area (Å²) in [4.78, 5) is 12.1.